The smallest absolute Gasteiger partial charge is 0.319 e. The van der Waals surface area contributed by atoms with Crippen LogP contribution in [0, 0.1) is 0 Å². The third-order valence-electron chi connectivity index (χ3n) is 4.79. The van der Waals surface area contributed by atoms with Crippen LogP contribution in [0.3, 0.4) is 0 Å². The fourth-order valence-corrected chi connectivity index (χ4v) is 3.24. The average Bonchev–Trinajstić information content (AvgIpc) is 2.68. The number of methoxy groups -OCH3 is 2. The molecule has 0 atom stereocenters. The van der Waals surface area contributed by atoms with E-state index in [4.69, 9.17) is 9.47 Å². The number of likely N-dealkylation sites (tertiary alicyclic amines) is 1. The summed E-state index contributed by atoms with van der Waals surface area (Å²) in [7, 11) is 3.06. The van der Waals surface area contributed by atoms with Crippen molar-refractivity contribution >= 4 is 11.9 Å². The molecule has 1 aliphatic rings. The van der Waals surface area contributed by atoms with Gasteiger partial charge in [0.2, 0.25) is 0 Å². The molecule has 0 saturated carbocycles. The maximum atomic E-state index is 12.7. The van der Waals surface area contributed by atoms with Crippen molar-refractivity contribution in [3.8, 4) is 11.5 Å². The number of nitrogens with one attached hydrogen (secondary N) is 1. The molecule has 1 heterocycles. The monoisotopic (exact) mass is 363 g/mol. The molecule has 0 bridgehead atoms. The second kappa shape index (κ2) is 9.31. The van der Waals surface area contributed by atoms with E-state index >= 15 is 0 Å². The van der Waals surface area contributed by atoms with Crippen molar-refractivity contribution in [2.75, 3.05) is 40.4 Å². The normalized spacial score (nSPS) is 14.7. The zero-order chi connectivity index (χ0) is 19.1. The third-order valence-corrected chi connectivity index (χ3v) is 4.79. The van der Waals surface area contributed by atoms with E-state index in [1.54, 1.807) is 18.2 Å². The summed E-state index contributed by atoms with van der Waals surface area (Å²) >= 11 is 0. The van der Waals surface area contributed by atoms with Crippen molar-refractivity contribution in [3.63, 3.8) is 0 Å². The Bertz CT molecular complexity index is 601. The summed E-state index contributed by atoms with van der Waals surface area (Å²) in [5.41, 5.74) is 0.402. The van der Waals surface area contributed by atoms with Gasteiger partial charge in [-0.15, -0.1) is 0 Å². The molecule has 1 saturated heterocycles. The van der Waals surface area contributed by atoms with Crippen LogP contribution in [-0.2, 0) is 0 Å². The predicted octanol–water partition coefficient (Wildman–Crippen LogP) is 2.36. The summed E-state index contributed by atoms with van der Waals surface area (Å²) < 4.78 is 10.6. The molecular formula is C19H29N3O4. The largest absolute Gasteiger partial charge is 0.496 e. The predicted molar refractivity (Wildman–Crippen MR) is 99.9 cm³/mol. The van der Waals surface area contributed by atoms with Crippen molar-refractivity contribution < 1.29 is 19.1 Å². The molecule has 26 heavy (non-hydrogen) atoms. The SMILES string of the molecule is CCN(CC)C(=O)N1CCC(NC(=O)c2c(OC)cccc2OC)CC1. The highest BCUT2D eigenvalue weighted by Gasteiger charge is 2.27. The van der Waals surface area contributed by atoms with Crippen molar-refractivity contribution in [1.29, 1.82) is 0 Å². The van der Waals surface area contributed by atoms with Crippen LogP contribution in [-0.4, -0.2) is 68.2 Å². The van der Waals surface area contributed by atoms with Crippen LogP contribution >= 0.6 is 0 Å². The Kier molecular flexibility index (Phi) is 7.12. The van der Waals surface area contributed by atoms with E-state index in [9.17, 15) is 9.59 Å². The van der Waals surface area contributed by atoms with E-state index in [-0.39, 0.29) is 18.0 Å². The first-order chi connectivity index (χ1) is 12.5. The van der Waals surface area contributed by atoms with Gasteiger partial charge in [0.05, 0.1) is 14.2 Å². The molecular weight excluding hydrogens is 334 g/mol. The lowest BCUT2D eigenvalue weighted by molar-refractivity contribution is 0.0905. The molecule has 1 aromatic rings. The molecule has 0 aromatic heterocycles. The van der Waals surface area contributed by atoms with Gasteiger partial charge in [-0.05, 0) is 38.8 Å². The van der Waals surface area contributed by atoms with Crippen LogP contribution in [0.4, 0.5) is 4.79 Å². The van der Waals surface area contributed by atoms with Crippen molar-refractivity contribution in [2.24, 2.45) is 0 Å². The molecule has 0 aliphatic carbocycles. The number of carbonyl (C=O) groups is 2. The van der Waals surface area contributed by atoms with E-state index < -0.39 is 0 Å². The van der Waals surface area contributed by atoms with Gasteiger partial charge in [-0.3, -0.25) is 4.79 Å². The van der Waals surface area contributed by atoms with Gasteiger partial charge in [0.25, 0.3) is 5.91 Å². The number of hydrogen-bond acceptors (Lipinski definition) is 4. The Morgan fingerprint density at radius 1 is 1.12 bits per heavy atom. The Morgan fingerprint density at radius 2 is 1.65 bits per heavy atom. The molecule has 7 heteroatoms. The van der Waals surface area contributed by atoms with E-state index in [1.165, 1.54) is 14.2 Å². The first-order valence-electron chi connectivity index (χ1n) is 9.11. The van der Waals surface area contributed by atoms with E-state index in [0.29, 0.717) is 43.2 Å². The molecule has 7 nitrogen and oxygen atoms in total. The lowest BCUT2D eigenvalue weighted by Gasteiger charge is -2.35. The Labute approximate surface area is 155 Å². The van der Waals surface area contributed by atoms with Gasteiger partial charge >= 0.3 is 6.03 Å². The summed E-state index contributed by atoms with van der Waals surface area (Å²) in [5, 5.41) is 3.05. The van der Waals surface area contributed by atoms with E-state index in [1.807, 2.05) is 23.6 Å². The van der Waals surface area contributed by atoms with Crippen molar-refractivity contribution in [1.82, 2.24) is 15.1 Å². The third kappa shape index (κ3) is 4.39. The summed E-state index contributed by atoms with van der Waals surface area (Å²) in [4.78, 5) is 28.8. The number of piperidine rings is 1. The number of amides is 3. The first-order valence-corrected chi connectivity index (χ1v) is 9.11. The van der Waals surface area contributed by atoms with Crippen LogP contribution in [0.5, 0.6) is 11.5 Å². The molecule has 1 N–H and O–H groups in total. The second-order valence-electron chi connectivity index (χ2n) is 6.23. The topological polar surface area (TPSA) is 71.1 Å². The van der Waals surface area contributed by atoms with Gasteiger partial charge < -0.3 is 24.6 Å². The molecule has 0 spiro atoms. The second-order valence-corrected chi connectivity index (χ2v) is 6.23. The quantitative estimate of drug-likeness (QED) is 0.842. The highest BCUT2D eigenvalue weighted by Crippen LogP contribution is 2.28. The molecule has 1 aliphatic heterocycles. The summed E-state index contributed by atoms with van der Waals surface area (Å²) in [6.07, 6.45) is 1.46. The summed E-state index contributed by atoms with van der Waals surface area (Å²) in [6.45, 7) is 6.66. The molecule has 2 rings (SSSR count). The lowest BCUT2D eigenvalue weighted by atomic mass is 10.0. The minimum atomic E-state index is -0.215. The van der Waals surface area contributed by atoms with Gasteiger partial charge in [-0.25, -0.2) is 4.79 Å². The summed E-state index contributed by atoms with van der Waals surface area (Å²) in [6, 6.07) is 5.36. The fourth-order valence-electron chi connectivity index (χ4n) is 3.24. The van der Waals surface area contributed by atoms with E-state index in [0.717, 1.165) is 12.8 Å². The number of benzene rings is 1. The molecule has 1 fully saturated rings. The van der Waals surface area contributed by atoms with Crippen LogP contribution in [0.25, 0.3) is 0 Å². The molecule has 0 unspecified atom stereocenters. The number of nitrogens with zero attached hydrogens (tertiary/aromatic N) is 2. The van der Waals surface area contributed by atoms with Gasteiger partial charge in [-0.1, -0.05) is 6.07 Å². The molecule has 0 radical (unpaired) electrons. The van der Waals surface area contributed by atoms with Gasteiger partial charge in [0.1, 0.15) is 17.1 Å². The van der Waals surface area contributed by atoms with Crippen LogP contribution in [0.1, 0.15) is 37.0 Å². The first kappa shape index (κ1) is 19.9. The van der Waals surface area contributed by atoms with Crippen molar-refractivity contribution in [3.05, 3.63) is 23.8 Å². The summed E-state index contributed by atoms with van der Waals surface area (Å²) in [5.74, 6) is 0.750. The molecule has 1 aromatic carbocycles. The number of carbonyl (C=O) groups excluding carboxylic acids is 2. The van der Waals surface area contributed by atoms with Crippen LogP contribution in [0.15, 0.2) is 18.2 Å². The molecule has 144 valence electrons. The number of rotatable bonds is 6. The average molecular weight is 363 g/mol. The Balaban J connectivity index is 1.98. The Hall–Kier alpha value is -2.44. The minimum Gasteiger partial charge on any atom is -0.496 e. The van der Waals surface area contributed by atoms with Crippen LogP contribution < -0.4 is 14.8 Å². The van der Waals surface area contributed by atoms with Crippen molar-refractivity contribution in [2.45, 2.75) is 32.7 Å². The van der Waals surface area contributed by atoms with Gasteiger partial charge in [0, 0.05) is 32.2 Å². The maximum absolute atomic E-state index is 12.7. The fraction of sp³-hybridized carbons (Fsp3) is 0.579. The zero-order valence-electron chi connectivity index (χ0n) is 16.1. The molecule has 3 amide bonds. The minimum absolute atomic E-state index is 0.0258. The number of urea groups is 1. The number of hydrogen-bond donors (Lipinski definition) is 1. The lowest BCUT2D eigenvalue weighted by Crippen LogP contribution is -2.50. The van der Waals surface area contributed by atoms with Crippen LogP contribution in [0.2, 0.25) is 0 Å². The highest BCUT2D eigenvalue weighted by molar-refractivity contribution is 5.99. The number of ether oxygens (including phenoxy) is 2. The van der Waals surface area contributed by atoms with Gasteiger partial charge in [-0.2, -0.15) is 0 Å². The maximum Gasteiger partial charge on any atom is 0.319 e. The highest BCUT2D eigenvalue weighted by atomic mass is 16.5. The Morgan fingerprint density at radius 3 is 2.12 bits per heavy atom. The standard InChI is InChI=1S/C19H29N3O4/c1-5-21(6-2)19(24)22-12-10-14(11-13-22)20-18(23)17-15(25-3)8-7-9-16(17)26-4/h7-9,14H,5-6,10-13H2,1-4H3,(H,20,23). The van der Waals surface area contributed by atoms with Gasteiger partial charge in [0.15, 0.2) is 0 Å². The van der Waals surface area contributed by atoms with E-state index in [2.05, 4.69) is 5.32 Å². The zero-order valence-corrected chi connectivity index (χ0v) is 16.1.